The fraction of sp³-hybridized carbons (Fsp3) is 0.264. The van der Waals surface area contributed by atoms with Crippen LogP contribution in [0, 0.1) is 0 Å². The molecule has 0 radical (unpaired) electrons. The highest BCUT2D eigenvalue weighted by atomic mass is 32.2. The van der Waals surface area contributed by atoms with Crippen molar-refractivity contribution in [3.63, 3.8) is 0 Å². The van der Waals surface area contributed by atoms with E-state index in [2.05, 4.69) is 38.2 Å². The molecule has 4 amide bonds. The number of carbonyl (C=O) groups excluding carboxylic acids is 5. The van der Waals surface area contributed by atoms with Crippen LogP contribution in [0.25, 0.3) is 22.5 Å². The smallest absolute Gasteiger partial charge is 0.414 e. The molecule has 0 aliphatic carbocycles. The molecule has 7 aromatic rings. The van der Waals surface area contributed by atoms with Crippen LogP contribution < -0.4 is 25.0 Å². The number of hydrogen-bond acceptors (Lipinski definition) is 15. The summed E-state index contributed by atoms with van der Waals surface area (Å²) >= 11 is 2.48. The van der Waals surface area contributed by atoms with E-state index >= 15 is 0 Å². The van der Waals surface area contributed by atoms with Gasteiger partial charge in [0.25, 0.3) is 11.1 Å². The van der Waals surface area contributed by atoms with E-state index in [1.807, 2.05) is 77.4 Å². The number of H-pyrrole nitrogens is 1. The molecular formula is C53H53N9O9S2. The number of nitrogens with zero attached hydrogens (tertiary/aromatic N) is 6. The lowest BCUT2D eigenvalue weighted by Crippen LogP contribution is -2.34. The summed E-state index contributed by atoms with van der Waals surface area (Å²) in [6.07, 6.45) is 1.22. The first-order chi connectivity index (χ1) is 35.1. The molecule has 0 saturated carbocycles. The van der Waals surface area contributed by atoms with E-state index in [1.54, 1.807) is 63.2 Å². The van der Waals surface area contributed by atoms with E-state index in [1.165, 1.54) is 30.8 Å². The number of esters is 1. The largest absolute Gasteiger partial charge is 0.484 e. The van der Waals surface area contributed by atoms with Crippen molar-refractivity contribution in [3.8, 4) is 39.8 Å². The van der Waals surface area contributed by atoms with Crippen molar-refractivity contribution < 1.29 is 42.9 Å². The molecule has 1 atom stereocenters. The number of imidazole rings is 1. The van der Waals surface area contributed by atoms with Gasteiger partial charge in [-0.1, -0.05) is 79.3 Å². The third-order valence-corrected chi connectivity index (χ3v) is 13.3. The zero-order valence-corrected chi connectivity index (χ0v) is 42.6. The van der Waals surface area contributed by atoms with Gasteiger partial charge in [-0.05, 0) is 110 Å². The van der Waals surface area contributed by atoms with Crippen LogP contribution in [0.2, 0.25) is 0 Å². The Hall–Kier alpha value is -7.97. The number of thioether (sulfide) groups is 2. The van der Waals surface area contributed by atoms with Gasteiger partial charge in [-0.3, -0.25) is 24.6 Å². The number of carbonyl (C=O) groups is 5. The van der Waals surface area contributed by atoms with Crippen LogP contribution in [0.4, 0.5) is 21.0 Å². The standard InChI is InChI=1S/C53H53N9O9S2/c1-7-10-45-54-42(47(50(65)68-6)62(45)29-33-13-17-34(18-14-33)39-11-8-9-12-40(39)48-57-59-60-58-48)31-72-38-24-21-36(22-25-38)70-37-23-26-41(43(28-37)61(5)52(67)71-53(2,3)4)55-46(63)30-69-35-19-15-32(16-20-35)27-44-49(64)56-51(66)73-44/h8-9,11-26,28,44H,7,10,27,29-31H2,1-6H3,(H,55,63)(H,56,64,66)(H,57,58,59,60). The van der Waals surface area contributed by atoms with Crippen LogP contribution in [-0.4, -0.2) is 90.9 Å². The van der Waals surface area contributed by atoms with Crippen molar-refractivity contribution in [2.24, 2.45) is 0 Å². The monoisotopic (exact) mass is 1020 g/mol. The van der Waals surface area contributed by atoms with Crippen LogP contribution in [-0.2, 0) is 44.2 Å². The SMILES string of the molecule is CCCc1nc(CSc2ccc(Oc3ccc(NC(=O)COc4ccc(CC5SC(=O)NC5=O)cc4)c(N(C)C(=O)OC(C)(C)C)c3)cc2)c(C(=O)OC)n1Cc1ccc(-c2ccccc2-c2nn[nH]n2)cc1. The fourth-order valence-corrected chi connectivity index (χ4v) is 9.51. The summed E-state index contributed by atoms with van der Waals surface area (Å²) in [4.78, 5) is 70.7. The second-order valence-electron chi connectivity index (χ2n) is 17.8. The van der Waals surface area contributed by atoms with E-state index in [-0.39, 0.29) is 17.8 Å². The van der Waals surface area contributed by atoms with Gasteiger partial charge < -0.3 is 28.8 Å². The van der Waals surface area contributed by atoms with Crippen molar-refractivity contribution >= 4 is 64.0 Å². The Kier molecular flexibility index (Phi) is 16.2. The van der Waals surface area contributed by atoms with Crippen molar-refractivity contribution in [1.82, 2.24) is 35.5 Å². The quantitative estimate of drug-likeness (QED) is 0.0507. The molecular weight excluding hydrogens is 971 g/mol. The number of aromatic amines is 1. The molecule has 3 N–H and O–H groups in total. The number of rotatable bonds is 19. The Balaban J connectivity index is 0.929. The lowest BCUT2D eigenvalue weighted by Gasteiger charge is -2.26. The third kappa shape index (κ3) is 13.1. The Labute approximate surface area is 429 Å². The number of benzene rings is 5. The van der Waals surface area contributed by atoms with Crippen molar-refractivity contribution in [2.75, 3.05) is 31.0 Å². The van der Waals surface area contributed by atoms with Crippen LogP contribution in [0.15, 0.2) is 120 Å². The molecule has 1 aliphatic heterocycles. The van der Waals surface area contributed by atoms with E-state index < -0.39 is 28.8 Å². The van der Waals surface area contributed by atoms with Crippen molar-refractivity contribution in [2.45, 2.75) is 75.0 Å². The van der Waals surface area contributed by atoms with Gasteiger partial charge in [-0.25, -0.2) is 14.6 Å². The molecule has 8 rings (SSSR count). The fourth-order valence-electron chi connectivity index (χ4n) is 7.82. The number of aromatic nitrogens is 6. The first kappa shape index (κ1) is 51.4. The summed E-state index contributed by atoms with van der Waals surface area (Å²) in [5.74, 6) is 1.76. The highest BCUT2D eigenvalue weighted by molar-refractivity contribution is 8.15. The van der Waals surface area contributed by atoms with Crippen molar-refractivity contribution in [3.05, 3.63) is 144 Å². The Morgan fingerprint density at radius 1 is 0.877 bits per heavy atom. The highest BCUT2D eigenvalue weighted by Crippen LogP contribution is 2.36. The second-order valence-corrected chi connectivity index (χ2v) is 20.0. The topological polar surface area (TPSA) is 222 Å². The van der Waals surface area contributed by atoms with Gasteiger partial charge in [-0.15, -0.1) is 22.0 Å². The normalized spacial score (nSPS) is 13.3. The number of methoxy groups -OCH3 is 1. The maximum absolute atomic E-state index is 13.5. The molecule has 1 saturated heterocycles. The summed E-state index contributed by atoms with van der Waals surface area (Å²) in [6, 6.07) is 35.3. The van der Waals surface area contributed by atoms with Crippen LogP contribution in [0.5, 0.6) is 17.2 Å². The molecule has 73 heavy (non-hydrogen) atoms. The molecule has 3 heterocycles. The summed E-state index contributed by atoms with van der Waals surface area (Å²) in [6.45, 7) is 7.43. The third-order valence-electron chi connectivity index (χ3n) is 11.3. The lowest BCUT2D eigenvalue weighted by molar-refractivity contribution is -0.119. The van der Waals surface area contributed by atoms with Crippen LogP contribution in [0.1, 0.15) is 67.2 Å². The van der Waals surface area contributed by atoms with Gasteiger partial charge in [0, 0.05) is 42.3 Å². The maximum atomic E-state index is 13.5. The minimum atomic E-state index is -0.787. The van der Waals surface area contributed by atoms with Gasteiger partial charge in [0.15, 0.2) is 12.3 Å². The molecule has 1 fully saturated rings. The Bertz CT molecular complexity index is 3100. The van der Waals surface area contributed by atoms with E-state index in [9.17, 15) is 24.0 Å². The molecule has 376 valence electrons. The van der Waals surface area contributed by atoms with Gasteiger partial charge in [0.05, 0.1) is 29.4 Å². The van der Waals surface area contributed by atoms with Crippen molar-refractivity contribution in [1.29, 1.82) is 0 Å². The summed E-state index contributed by atoms with van der Waals surface area (Å²) in [7, 11) is 2.91. The van der Waals surface area contributed by atoms with E-state index in [0.29, 0.717) is 71.0 Å². The number of amides is 4. The zero-order valence-electron chi connectivity index (χ0n) is 41.0. The Morgan fingerprint density at radius 2 is 1.58 bits per heavy atom. The lowest BCUT2D eigenvalue weighted by atomic mass is 9.98. The second kappa shape index (κ2) is 23.1. The number of ether oxygens (including phenoxy) is 4. The average Bonchev–Trinajstić information content (AvgIpc) is 4.12. The predicted molar refractivity (Wildman–Crippen MR) is 278 cm³/mol. The number of imide groups is 1. The predicted octanol–water partition coefficient (Wildman–Crippen LogP) is 9.89. The van der Waals surface area contributed by atoms with Gasteiger partial charge in [0.2, 0.25) is 11.7 Å². The molecule has 5 aromatic carbocycles. The molecule has 2 aromatic heterocycles. The number of tetrazole rings is 1. The van der Waals surface area contributed by atoms with Gasteiger partial charge in [0.1, 0.15) is 28.7 Å². The first-order valence-corrected chi connectivity index (χ1v) is 25.1. The van der Waals surface area contributed by atoms with E-state index in [4.69, 9.17) is 23.9 Å². The molecule has 0 bridgehead atoms. The average molecular weight is 1020 g/mol. The van der Waals surface area contributed by atoms with Crippen LogP contribution >= 0.6 is 23.5 Å². The zero-order chi connectivity index (χ0) is 51.6. The Morgan fingerprint density at radius 3 is 2.23 bits per heavy atom. The number of aryl methyl sites for hydroxylation is 1. The first-order valence-electron chi connectivity index (χ1n) is 23.3. The number of hydrogen-bond donors (Lipinski definition) is 3. The van der Waals surface area contributed by atoms with Gasteiger partial charge >= 0.3 is 12.1 Å². The highest BCUT2D eigenvalue weighted by Gasteiger charge is 2.32. The molecule has 1 unspecified atom stereocenters. The van der Waals surface area contributed by atoms with Crippen LogP contribution in [0.3, 0.4) is 0 Å². The molecule has 20 heteroatoms. The summed E-state index contributed by atoms with van der Waals surface area (Å²) < 4.78 is 24.9. The molecule has 18 nitrogen and oxygen atoms in total. The minimum absolute atomic E-state index is 0.312. The summed E-state index contributed by atoms with van der Waals surface area (Å²) in [5.41, 5.74) is 5.48. The van der Waals surface area contributed by atoms with E-state index in [0.717, 1.165) is 56.7 Å². The molecule has 1 aliphatic rings. The number of nitrogens with one attached hydrogen (secondary N) is 3. The van der Waals surface area contributed by atoms with Gasteiger partial charge in [-0.2, -0.15) is 5.21 Å². The number of anilines is 2. The molecule has 0 spiro atoms. The maximum Gasteiger partial charge on any atom is 0.414 e. The minimum Gasteiger partial charge on any atom is -0.484 e. The summed E-state index contributed by atoms with van der Waals surface area (Å²) in [5, 5.41) is 18.8.